The first-order chi connectivity index (χ1) is 7.30. The van der Waals surface area contributed by atoms with Gasteiger partial charge in [0.05, 0.1) is 6.04 Å². The minimum atomic E-state index is -4.93. The van der Waals surface area contributed by atoms with Crippen LogP contribution in [0.15, 0.2) is 24.3 Å². The molecule has 16 heavy (non-hydrogen) atoms. The molecule has 0 aromatic heterocycles. The van der Waals surface area contributed by atoms with Crippen molar-refractivity contribution in [3.8, 4) is 0 Å². The Kier molecular flexibility index (Phi) is 3.51. The number of halogens is 4. The topological polar surface area (TPSA) is 29.1 Å². The number of amides is 1. The van der Waals surface area contributed by atoms with Gasteiger partial charge in [0.1, 0.15) is 5.82 Å². The smallest absolute Gasteiger partial charge is 0.342 e. The van der Waals surface area contributed by atoms with Crippen molar-refractivity contribution in [3.63, 3.8) is 0 Å². The van der Waals surface area contributed by atoms with E-state index < -0.39 is 23.9 Å². The van der Waals surface area contributed by atoms with Crippen molar-refractivity contribution >= 4 is 5.91 Å². The average molecular weight is 235 g/mol. The number of alkyl halides is 3. The fraction of sp³-hybridized carbons (Fsp3) is 0.300. The molecule has 0 aliphatic carbocycles. The summed E-state index contributed by atoms with van der Waals surface area (Å²) in [5.74, 6) is -2.60. The maximum absolute atomic E-state index is 12.8. The number of nitrogens with one attached hydrogen (secondary N) is 1. The maximum atomic E-state index is 12.8. The van der Waals surface area contributed by atoms with Crippen molar-refractivity contribution in [1.82, 2.24) is 5.32 Å². The zero-order chi connectivity index (χ0) is 12.3. The molecule has 1 amide bonds. The molecule has 1 rings (SSSR count). The summed E-state index contributed by atoms with van der Waals surface area (Å²) >= 11 is 0. The highest BCUT2D eigenvalue weighted by Crippen LogP contribution is 2.18. The van der Waals surface area contributed by atoms with Crippen LogP contribution in [0.1, 0.15) is 18.5 Å². The summed E-state index contributed by atoms with van der Waals surface area (Å²) in [6.45, 7) is 1.35. The Morgan fingerprint density at radius 1 is 1.38 bits per heavy atom. The van der Waals surface area contributed by atoms with Gasteiger partial charge in [0.25, 0.3) is 0 Å². The van der Waals surface area contributed by atoms with Crippen molar-refractivity contribution in [2.75, 3.05) is 0 Å². The van der Waals surface area contributed by atoms with E-state index in [2.05, 4.69) is 0 Å². The van der Waals surface area contributed by atoms with Gasteiger partial charge >= 0.3 is 12.1 Å². The molecule has 1 atom stereocenters. The lowest BCUT2D eigenvalue weighted by molar-refractivity contribution is -0.174. The van der Waals surface area contributed by atoms with E-state index in [0.29, 0.717) is 0 Å². The second kappa shape index (κ2) is 4.51. The molecule has 2 nitrogen and oxygen atoms in total. The van der Waals surface area contributed by atoms with Crippen LogP contribution in [0.3, 0.4) is 0 Å². The summed E-state index contributed by atoms with van der Waals surface area (Å²) in [6.07, 6.45) is -4.93. The maximum Gasteiger partial charge on any atom is 0.471 e. The van der Waals surface area contributed by atoms with Crippen LogP contribution in [-0.2, 0) is 4.79 Å². The lowest BCUT2D eigenvalue weighted by atomic mass is 10.1. The Bertz CT molecular complexity index is 389. The van der Waals surface area contributed by atoms with Crippen LogP contribution in [0.5, 0.6) is 0 Å². The van der Waals surface area contributed by atoms with E-state index in [0.717, 1.165) is 6.07 Å². The van der Waals surface area contributed by atoms with Crippen LogP contribution in [0.2, 0.25) is 0 Å². The van der Waals surface area contributed by atoms with Gasteiger partial charge in [-0.25, -0.2) is 4.39 Å². The molecule has 0 aliphatic heterocycles. The number of hydrogen-bond donors (Lipinski definition) is 1. The monoisotopic (exact) mass is 235 g/mol. The Labute approximate surface area is 89.3 Å². The van der Waals surface area contributed by atoms with Crippen molar-refractivity contribution in [3.05, 3.63) is 35.6 Å². The summed E-state index contributed by atoms with van der Waals surface area (Å²) in [5.41, 5.74) is 0.276. The van der Waals surface area contributed by atoms with E-state index in [1.54, 1.807) is 5.32 Å². The predicted octanol–water partition coefficient (Wildman–Crippen LogP) is 2.57. The highest BCUT2D eigenvalue weighted by Gasteiger charge is 2.39. The summed E-state index contributed by atoms with van der Waals surface area (Å²) < 4.78 is 48.5. The van der Waals surface area contributed by atoms with E-state index >= 15 is 0 Å². The first kappa shape index (κ1) is 12.5. The second-order valence-electron chi connectivity index (χ2n) is 3.25. The molecular weight excluding hydrogens is 226 g/mol. The average Bonchev–Trinajstić information content (AvgIpc) is 2.16. The van der Waals surface area contributed by atoms with Crippen molar-refractivity contribution in [2.45, 2.75) is 19.1 Å². The summed E-state index contributed by atoms with van der Waals surface area (Å²) in [7, 11) is 0. The van der Waals surface area contributed by atoms with E-state index in [9.17, 15) is 22.4 Å². The van der Waals surface area contributed by atoms with E-state index in [-0.39, 0.29) is 5.56 Å². The van der Waals surface area contributed by atoms with Gasteiger partial charge in [0, 0.05) is 0 Å². The van der Waals surface area contributed by atoms with Crippen molar-refractivity contribution < 1.29 is 22.4 Å². The van der Waals surface area contributed by atoms with E-state index in [4.69, 9.17) is 0 Å². The Morgan fingerprint density at radius 2 is 2.00 bits per heavy atom. The molecule has 0 aliphatic rings. The zero-order valence-electron chi connectivity index (χ0n) is 8.31. The number of hydrogen-bond acceptors (Lipinski definition) is 1. The number of benzene rings is 1. The number of rotatable bonds is 2. The fourth-order valence-corrected chi connectivity index (χ4v) is 1.14. The van der Waals surface area contributed by atoms with Crippen LogP contribution in [0.4, 0.5) is 17.6 Å². The molecule has 0 saturated heterocycles. The van der Waals surface area contributed by atoms with Gasteiger partial charge < -0.3 is 5.32 Å². The highest BCUT2D eigenvalue weighted by atomic mass is 19.4. The lowest BCUT2D eigenvalue weighted by Gasteiger charge is -2.15. The Hall–Kier alpha value is -1.59. The second-order valence-corrected chi connectivity index (χ2v) is 3.25. The van der Waals surface area contributed by atoms with Crippen molar-refractivity contribution in [1.29, 1.82) is 0 Å². The molecule has 6 heteroatoms. The summed E-state index contributed by atoms with van der Waals surface area (Å²) in [4.78, 5) is 10.6. The zero-order valence-corrected chi connectivity index (χ0v) is 8.31. The quantitative estimate of drug-likeness (QED) is 0.784. The van der Waals surface area contributed by atoms with E-state index in [1.165, 1.54) is 25.1 Å². The largest absolute Gasteiger partial charge is 0.471 e. The third-order valence-corrected chi connectivity index (χ3v) is 1.95. The molecule has 0 spiro atoms. The minimum absolute atomic E-state index is 0.276. The molecule has 1 N–H and O–H groups in total. The minimum Gasteiger partial charge on any atom is -0.342 e. The number of carbonyl (C=O) groups excluding carboxylic acids is 1. The Morgan fingerprint density at radius 3 is 2.50 bits per heavy atom. The van der Waals surface area contributed by atoms with Crippen LogP contribution in [-0.4, -0.2) is 12.1 Å². The lowest BCUT2D eigenvalue weighted by Crippen LogP contribution is -2.38. The van der Waals surface area contributed by atoms with Gasteiger partial charge in [-0.2, -0.15) is 13.2 Å². The van der Waals surface area contributed by atoms with Crippen molar-refractivity contribution in [2.24, 2.45) is 0 Å². The molecule has 0 bridgehead atoms. The molecule has 0 unspecified atom stereocenters. The number of carbonyl (C=O) groups is 1. The van der Waals surface area contributed by atoms with Crippen LogP contribution >= 0.6 is 0 Å². The van der Waals surface area contributed by atoms with Gasteiger partial charge in [-0.15, -0.1) is 0 Å². The first-order valence-corrected chi connectivity index (χ1v) is 4.44. The van der Waals surface area contributed by atoms with E-state index in [1.807, 2.05) is 0 Å². The van der Waals surface area contributed by atoms with Crippen LogP contribution in [0.25, 0.3) is 0 Å². The molecule has 88 valence electrons. The van der Waals surface area contributed by atoms with Gasteiger partial charge in [-0.3, -0.25) is 4.79 Å². The fourth-order valence-electron chi connectivity index (χ4n) is 1.14. The summed E-state index contributed by atoms with van der Waals surface area (Å²) in [5, 5.41) is 1.73. The molecule has 0 radical (unpaired) electrons. The van der Waals surface area contributed by atoms with Gasteiger partial charge in [0.15, 0.2) is 0 Å². The standard InChI is InChI=1S/C10H9F4NO/c1-6(15-9(16)10(12,13)14)7-3-2-4-8(11)5-7/h2-6H,1H3,(H,15,16)/t6-/m1/s1. The third kappa shape index (κ3) is 3.22. The molecule has 0 heterocycles. The van der Waals surface area contributed by atoms with Crippen LogP contribution < -0.4 is 5.32 Å². The summed E-state index contributed by atoms with van der Waals surface area (Å²) in [6, 6.07) is 4.14. The third-order valence-electron chi connectivity index (χ3n) is 1.95. The SMILES string of the molecule is C[C@@H](NC(=O)C(F)(F)F)c1cccc(F)c1. The molecular formula is C10H9F4NO. The van der Waals surface area contributed by atoms with Gasteiger partial charge in [-0.05, 0) is 24.6 Å². The predicted molar refractivity (Wildman–Crippen MR) is 49.0 cm³/mol. The molecule has 1 aromatic carbocycles. The highest BCUT2D eigenvalue weighted by molar-refractivity contribution is 5.82. The Balaban J connectivity index is 2.73. The van der Waals surface area contributed by atoms with Gasteiger partial charge in [0.2, 0.25) is 0 Å². The first-order valence-electron chi connectivity index (χ1n) is 4.44. The normalized spacial score (nSPS) is 13.3. The molecule has 0 fully saturated rings. The molecule has 0 saturated carbocycles. The van der Waals surface area contributed by atoms with Crippen LogP contribution in [0, 0.1) is 5.82 Å². The van der Waals surface area contributed by atoms with Gasteiger partial charge in [-0.1, -0.05) is 12.1 Å². The molecule has 1 aromatic rings.